The van der Waals surface area contributed by atoms with E-state index in [-0.39, 0.29) is 5.69 Å². The predicted octanol–water partition coefficient (Wildman–Crippen LogP) is 1.11. The van der Waals surface area contributed by atoms with Gasteiger partial charge in [-0.15, -0.1) is 0 Å². The topological polar surface area (TPSA) is 142 Å². The quantitative estimate of drug-likeness (QED) is 0.343. The van der Waals surface area contributed by atoms with Crippen molar-refractivity contribution in [1.82, 2.24) is 4.98 Å². The molecular weight excluding hydrogens is 249 g/mol. The molecule has 2 rings (SSSR count). The molecule has 0 atom stereocenters. The predicted molar refractivity (Wildman–Crippen MR) is 61.2 cm³/mol. The van der Waals surface area contributed by atoms with Gasteiger partial charge in [0.1, 0.15) is 0 Å². The Hall–Kier alpha value is -1.73. The van der Waals surface area contributed by atoms with Crippen molar-refractivity contribution < 1.29 is 19.3 Å². The molecule has 92 valence electrons. The Labute approximate surface area is 95.4 Å². The van der Waals surface area contributed by atoms with Crippen LogP contribution in [0.3, 0.4) is 0 Å². The van der Waals surface area contributed by atoms with E-state index in [0.29, 0.717) is 0 Å². The second-order valence-electron chi connectivity index (χ2n) is 3.10. The zero-order chi connectivity index (χ0) is 13.1. The first kappa shape index (κ1) is 13.3. The summed E-state index contributed by atoms with van der Waals surface area (Å²) in [5.41, 5.74) is 5.07. The van der Waals surface area contributed by atoms with E-state index < -0.39 is 12.7 Å². The van der Waals surface area contributed by atoms with E-state index in [2.05, 4.69) is 10.5 Å². The molecule has 0 saturated carbocycles. The van der Waals surface area contributed by atoms with Crippen LogP contribution in [0.5, 0.6) is 0 Å². The summed E-state index contributed by atoms with van der Waals surface area (Å²) >= 11 is 0. The highest BCUT2D eigenvalue weighted by molar-refractivity contribution is 7.49. The number of aromatic amines is 1. The van der Waals surface area contributed by atoms with Crippen molar-refractivity contribution in [2.45, 2.75) is 0 Å². The summed E-state index contributed by atoms with van der Waals surface area (Å²) in [7, 11) is -4.14. The molecule has 1 aromatic heterocycles. The first-order chi connectivity index (χ1) is 7.77. The van der Waals surface area contributed by atoms with Gasteiger partial charge in [0.25, 0.3) is 5.69 Å². The number of nitro benzene ring substituents is 1. The van der Waals surface area contributed by atoms with Gasteiger partial charge in [-0.3, -0.25) is 10.1 Å². The number of hydrogen-bond donors (Lipinski definition) is 4. The molecule has 0 bridgehead atoms. The maximum Gasteiger partial charge on any atom is 0.397 e. The minimum absolute atomic E-state index is 0.127. The van der Waals surface area contributed by atoms with Crippen LogP contribution < -0.4 is 5.50 Å². The van der Waals surface area contributed by atoms with Crippen molar-refractivity contribution in [2.24, 2.45) is 5.50 Å². The van der Waals surface area contributed by atoms with Crippen LogP contribution >= 0.6 is 7.75 Å². The molecule has 0 amide bonds. The fourth-order valence-electron chi connectivity index (χ4n) is 1.15. The molecule has 9 heteroatoms. The van der Waals surface area contributed by atoms with E-state index in [9.17, 15) is 10.1 Å². The van der Waals surface area contributed by atoms with Gasteiger partial charge in [-0.05, 0) is 12.1 Å². The van der Waals surface area contributed by atoms with Crippen molar-refractivity contribution in [2.75, 3.05) is 0 Å². The van der Waals surface area contributed by atoms with Crippen LogP contribution in [0.2, 0.25) is 0 Å². The first-order valence-electron chi connectivity index (χ1n) is 4.33. The number of nitrogens with two attached hydrogens (primary N) is 1. The van der Waals surface area contributed by atoms with E-state index in [4.69, 9.17) is 14.4 Å². The van der Waals surface area contributed by atoms with E-state index in [0.717, 1.165) is 10.9 Å². The monoisotopic (exact) mass is 259 g/mol. The number of nitrogens with one attached hydrogen (secondary N) is 1. The fraction of sp³-hybridized carbons (Fsp3) is 0. The molecule has 0 fully saturated rings. The molecule has 0 saturated heterocycles. The fourth-order valence-corrected chi connectivity index (χ4v) is 1.15. The zero-order valence-electron chi connectivity index (χ0n) is 8.48. The van der Waals surface area contributed by atoms with Gasteiger partial charge in [-0.2, -0.15) is 0 Å². The highest BCUT2D eigenvalue weighted by atomic mass is 31.2. The number of benzene rings is 1. The van der Waals surface area contributed by atoms with Crippen LogP contribution in [0.15, 0.2) is 30.5 Å². The average molecular weight is 259 g/mol. The molecule has 0 aliphatic heterocycles. The molecule has 5 N–H and O–H groups in total. The second-order valence-corrected chi connectivity index (χ2v) is 4.27. The summed E-state index contributed by atoms with van der Waals surface area (Å²) in [6.07, 6.45) is 1.76. The summed E-state index contributed by atoms with van der Waals surface area (Å²) in [4.78, 5) is 27.7. The maximum absolute atomic E-state index is 10.4. The molecule has 2 aromatic rings. The number of hydrogen-bond acceptors (Lipinski definition) is 3. The molecule has 0 aliphatic carbocycles. The Bertz CT molecular complexity index is 567. The van der Waals surface area contributed by atoms with E-state index >= 15 is 0 Å². The van der Waals surface area contributed by atoms with Gasteiger partial charge in [0.15, 0.2) is 0 Å². The van der Waals surface area contributed by atoms with Gasteiger partial charge >= 0.3 is 7.75 Å². The molecule has 17 heavy (non-hydrogen) atoms. The maximum atomic E-state index is 10.4. The van der Waals surface area contributed by atoms with Gasteiger partial charge in [-0.1, -0.05) is 0 Å². The SMILES string of the molecule is NP(=O)(O)O.O=[N+]([O-])c1ccc2[nH]ccc2c1. The van der Waals surface area contributed by atoms with Crippen molar-refractivity contribution >= 4 is 24.3 Å². The lowest BCUT2D eigenvalue weighted by molar-refractivity contribution is -0.384. The van der Waals surface area contributed by atoms with Crippen LogP contribution in [0.4, 0.5) is 5.69 Å². The molecule has 0 aliphatic rings. The van der Waals surface area contributed by atoms with Crippen molar-refractivity contribution in [3.05, 3.63) is 40.6 Å². The van der Waals surface area contributed by atoms with Crippen molar-refractivity contribution in [1.29, 1.82) is 0 Å². The lowest BCUT2D eigenvalue weighted by Crippen LogP contribution is -1.87. The lowest BCUT2D eigenvalue weighted by Gasteiger charge is -1.90. The Morgan fingerprint density at radius 1 is 1.35 bits per heavy atom. The van der Waals surface area contributed by atoms with Crippen LogP contribution in [0.1, 0.15) is 0 Å². The third kappa shape index (κ3) is 4.75. The van der Waals surface area contributed by atoms with Gasteiger partial charge in [0, 0.05) is 29.2 Å². The molecule has 0 unspecified atom stereocenters. The summed E-state index contributed by atoms with van der Waals surface area (Å²) in [6.45, 7) is 0. The van der Waals surface area contributed by atoms with Gasteiger partial charge < -0.3 is 14.8 Å². The van der Waals surface area contributed by atoms with Gasteiger partial charge in [-0.25, -0.2) is 10.1 Å². The minimum Gasteiger partial charge on any atom is -0.361 e. The normalized spacial score (nSPS) is 10.8. The van der Waals surface area contributed by atoms with Crippen LogP contribution in [0.25, 0.3) is 10.9 Å². The third-order valence-corrected chi connectivity index (χ3v) is 1.75. The minimum atomic E-state index is -4.14. The van der Waals surface area contributed by atoms with Gasteiger partial charge in [0.2, 0.25) is 0 Å². The van der Waals surface area contributed by atoms with Crippen molar-refractivity contribution in [3.63, 3.8) is 0 Å². The first-order valence-corrected chi connectivity index (χ1v) is 6.01. The van der Waals surface area contributed by atoms with Crippen LogP contribution in [-0.4, -0.2) is 19.7 Å². The third-order valence-electron chi connectivity index (χ3n) is 1.75. The summed E-state index contributed by atoms with van der Waals surface area (Å²) in [6, 6.07) is 6.54. The number of fused-ring (bicyclic) bond motifs is 1. The van der Waals surface area contributed by atoms with E-state index in [1.807, 2.05) is 6.07 Å². The van der Waals surface area contributed by atoms with Crippen molar-refractivity contribution in [3.8, 4) is 0 Å². The Balaban J connectivity index is 0.000000249. The number of aromatic nitrogens is 1. The molecule has 0 spiro atoms. The highest BCUT2D eigenvalue weighted by Crippen LogP contribution is 2.20. The second kappa shape index (κ2) is 5.07. The number of non-ortho nitro benzene ring substituents is 1. The lowest BCUT2D eigenvalue weighted by atomic mass is 10.2. The summed E-state index contributed by atoms with van der Waals surface area (Å²) in [5.74, 6) is 0. The van der Waals surface area contributed by atoms with E-state index in [1.54, 1.807) is 18.3 Å². The number of H-pyrrole nitrogens is 1. The van der Waals surface area contributed by atoms with Crippen LogP contribution in [0, 0.1) is 10.1 Å². The molecule has 8 nitrogen and oxygen atoms in total. The Morgan fingerprint density at radius 2 is 1.94 bits per heavy atom. The zero-order valence-corrected chi connectivity index (χ0v) is 9.37. The van der Waals surface area contributed by atoms with Gasteiger partial charge in [0.05, 0.1) is 4.92 Å². The number of nitrogens with zero attached hydrogens (tertiary/aromatic N) is 1. The van der Waals surface area contributed by atoms with Crippen LogP contribution in [-0.2, 0) is 4.57 Å². The summed E-state index contributed by atoms with van der Waals surface area (Å²) in [5, 5.41) is 11.2. The summed E-state index contributed by atoms with van der Waals surface area (Å²) < 4.78 is 9.10. The Kier molecular flexibility index (Phi) is 3.97. The van der Waals surface area contributed by atoms with E-state index in [1.165, 1.54) is 6.07 Å². The molecule has 0 radical (unpaired) electrons. The molecule has 1 heterocycles. The smallest absolute Gasteiger partial charge is 0.361 e. The average Bonchev–Trinajstić information content (AvgIpc) is 2.60. The highest BCUT2D eigenvalue weighted by Gasteiger charge is 2.05. The Morgan fingerprint density at radius 3 is 2.47 bits per heavy atom. The standard InChI is InChI=1S/C8H6N2O2.H4NO3P/c11-10(12)7-1-2-8-6(5-7)3-4-9-8;1-5(2,3)4/h1-5,9H;(H4,1,2,3,4). The molecular formula is C8H10N3O5P. The number of nitro groups is 1. The number of rotatable bonds is 1. The largest absolute Gasteiger partial charge is 0.397 e. The molecule has 1 aromatic carbocycles.